The monoisotopic (exact) mass is 184 g/mol. The summed E-state index contributed by atoms with van der Waals surface area (Å²) >= 11 is 5.57. The average Bonchev–Trinajstić information content (AvgIpc) is 2.52. The van der Waals surface area contributed by atoms with Gasteiger partial charge in [-0.15, -0.1) is 11.6 Å². The number of aromatic nitrogens is 2. The van der Waals surface area contributed by atoms with E-state index in [-0.39, 0.29) is 11.7 Å². The van der Waals surface area contributed by atoms with Crippen LogP contribution in [0.3, 0.4) is 0 Å². The van der Waals surface area contributed by atoms with E-state index in [9.17, 15) is 4.39 Å². The summed E-state index contributed by atoms with van der Waals surface area (Å²) in [7, 11) is 0. The molecule has 0 unspecified atom stereocenters. The third kappa shape index (κ3) is 0.975. The number of hydrogen-bond acceptors (Lipinski definition) is 1. The van der Waals surface area contributed by atoms with E-state index in [1.54, 1.807) is 6.07 Å². The van der Waals surface area contributed by atoms with Gasteiger partial charge in [-0.3, -0.25) is 0 Å². The van der Waals surface area contributed by atoms with Crippen LogP contribution in [0.2, 0.25) is 0 Å². The first-order chi connectivity index (χ1) is 5.83. The van der Waals surface area contributed by atoms with Crippen LogP contribution < -0.4 is 0 Å². The summed E-state index contributed by atoms with van der Waals surface area (Å²) in [6.45, 7) is 0. The van der Waals surface area contributed by atoms with Crippen molar-refractivity contribution in [1.82, 2.24) is 9.97 Å². The Hall–Kier alpha value is -1.09. The first-order valence-corrected chi connectivity index (χ1v) is 4.03. The topological polar surface area (TPSA) is 28.7 Å². The molecule has 0 aliphatic carbocycles. The van der Waals surface area contributed by atoms with Gasteiger partial charge in [-0.25, -0.2) is 9.37 Å². The fraction of sp³-hybridized carbons (Fsp3) is 0.125. The van der Waals surface area contributed by atoms with Crippen LogP contribution in [0.25, 0.3) is 11.0 Å². The van der Waals surface area contributed by atoms with Gasteiger partial charge in [-0.1, -0.05) is 0 Å². The van der Waals surface area contributed by atoms with Crippen LogP contribution >= 0.6 is 11.6 Å². The van der Waals surface area contributed by atoms with Gasteiger partial charge in [0.15, 0.2) is 0 Å². The minimum Gasteiger partial charge on any atom is -0.345 e. The Morgan fingerprint density at radius 1 is 1.50 bits per heavy atom. The van der Waals surface area contributed by atoms with Crippen molar-refractivity contribution in [2.24, 2.45) is 0 Å². The normalized spacial score (nSPS) is 10.8. The Morgan fingerprint density at radius 2 is 2.33 bits per heavy atom. The minimum absolute atomic E-state index is 0.147. The fourth-order valence-corrected chi connectivity index (χ4v) is 1.42. The Labute approximate surface area is 73.4 Å². The van der Waals surface area contributed by atoms with Crippen molar-refractivity contribution >= 4 is 22.6 Å². The minimum atomic E-state index is -0.301. The molecule has 0 fully saturated rings. The van der Waals surface area contributed by atoms with Crippen molar-refractivity contribution in [2.45, 2.75) is 5.88 Å². The molecule has 2 rings (SSSR count). The molecule has 0 bridgehead atoms. The number of alkyl halides is 1. The van der Waals surface area contributed by atoms with Crippen LogP contribution in [0, 0.1) is 5.82 Å². The van der Waals surface area contributed by atoms with E-state index in [4.69, 9.17) is 11.6 Å². The maximum atomic E-state index is 13.1. The number of halogens is 2. The maximum absolute atomic E-state index is 13.1. The Balaban J connectivity index is 2.83. The summed E-state index contributed by atoms with van der Waals surface area (Å²) in [5.41, 5.74) is 1.88. The lowest BCUT2D eigenvalue weighted by Crippen LogP contribution is -1.87. The van der Waals surface area contributed by atoms with Crippen LogP contribution in [-0.2, 0) is 5.88 Å². The lowest BCUT2D eigenvalue weighted by molar-refractivity contribution is 0.619. The molecule has 1 aromatic carbocycles. The number of benzene rings is 1. The highest BCUT2D eigenvalue weighted by molar-refractivity contribution is 6.17. The molecule has 0 radical (unpaired) electrons. The molecule has 0 saturated carbocycles. The smallest absolute Gasteiger partial charge is 0.129 e. The standard InChI is InChI=1S/C8H6ClFN2/c9-3-5-6(10)1-2-7-8(5)12-4-11-7/h1-2,4H,3H2,(H,11,12). The van der Waals surface area contributed by atoms with E-state index in [1.807, 2.05) is 0 Å². The molecule has 1 aromatic heterocycles. The van der Waals surface area contributed by atoms with E-state index >= 15 is 0 Å². The largest absolute Gasteiger partial charge is 0.345 e. The number of fused-ring (bicyclic) bond motifs is 1. The third-order valence-electron chi connectivity index (χ3n) is 1.77. The number of rotatable bonds is 1. The molecule has 0 atom stereocenters. The molecule has 0 spiro atoms. The first-order valence-electron chi connectivity index (χ1n) is 3.49. The quantitative estimate of drug-likeness (QED) is 0.678. The summed E-state index contributed by atoms with van der Waals surface area (Å²) in [4.78, 5) is 6.86. The zero-order chi connectivity index (χ0) is 8.55. The van der Waals surface area contributed by atoms with Crippen molar-refractivity contribution in [3.63, 3.8) is 0 Å². The molecule has 1 heterocycles. The van der Waals surface area contributed by atoms with Gasteiger partial charge in [0.1, 0.15) is 5.82 Å². The van der Waals surface area contributed by atoms with Gasteiger partial charge >= 0.3 is 0 Å². The molecule has 2 nitrogen and oxygen atoms in total. The van der Waals surface area contributed by atoms with Crippen LogP contribution in [0.15, 0.2) is 18.5 Å². The fourth-order valence-electron chi connectivity index (χ4n) is 1.17. The summed E-state index contributed by atoms with van der Waals surface area (Å²) in [5, 5.41) is 0. The van der Waals surface area contributed by atoms with Gasteiger partial charge in [0.25, 0.3) is 0 Å². The van der Waals surface area contributed by atoms with Gasteiger partial charge in [0.2, 0.25) is 0 Å². The highest BCUT2D eigenvalue weighted by Gasteiger charge is 2.07. The van der Waals surface area contributed by atoms with Crippen LogP contribution in [-0.4, -0.2) is 9.97 Å². The van der Waals surface area contributed by atoms with Crippen LogP contribution in [0.1, 0.15) is 5.56 Å². The number of aromatic amines is 1. The van der Waals surface area contributed by atoms with Crippen molar-refractivity contribution in [2.75, 3.05) is 0 Å². The highest BCUT2D eigenvalue weighted by atomic mass is 35.5. The second kappa shape index (κ2) is 2.75. The van der Waals surface area contributed by atoms with Crippen LogP contribution in [0.5, 0.6) is 0 Å². The Kier molecular flexibility index (Phi) is 1.73. The van der Waals surface area contributed by atoms with Gasteiger partial charge in [0.05, 0.1) is 23.2 Å². The molecule has 4 heteroatoms. The highest BCUT2D eigenvalue weighted by Crippen LogP contribution is 2.19. The van der Waals surface area contributed by atoms with Crippen molar-refractivity contribution in [3.05, 3.63) is 29.8 Å². The summed E-state index contributed by atoms with van der Waals surface area (Å²) < 4.78 is 13.1. The number of hydrogen-bond donors (Lipinski definition) is 1. The number of nitrogens with one attached hydrogen (secondary N) is 1. The zero-order valence-electron chi connectivity index (χ0n) is 6.14. The molecule has 2 aromatic rings. The molecule has 0 amide bonds. The first kappa shape index (κ1) is 7.55. The second-order valence-electron chi connectivity index (χ2n) is 2.46. The van der Waals surface area contributed by atoms with Crippen LogP contribution in [0.4, 0.5) is 4.39 Å². The number of nitrogens with zero attached hydrogens (tertiary/aromatic N) is 1. The SMILES string of the molecule is Fc1ccc2[nH]cnc2c1CCl. The van der Waals surface area contributed by atoms with Gasteiger partial charge in [0, 0.05) is 5.56 Å². The molecule has 62 valence electrons. The summed E-state index contributed by atoms with van der Waals surface area (Å²) in [6, 6.07) is 3.03. The van der Waals surface area contributed by atoms with E-state index in [0.717, 1.165) is 5.52 Å². The third-order valence-corrected chi connectivity index (χ3v) is 2.04. The van der Waals surface area contributed by atoms with E-state index in [0.29, 0.717) is 11.1 Å². The summed E-state index contributed by atoms with van der Waals surface area (Å²) in [5.74, 6) is -0.154. The predicted octanol–water partition coefficient (Wildman–Crippen LogP) is 2.44. The molecule has 1 N–H and O–H groups in total. The predicted molar refractivity (Wildman–Crippen MR) is 45.6 cm³/mol. The van der Waals surface area contributed by atoms with E-state index in [1.165, 1.54) is 12.4 Å². The van der Waals surface area contributed by atoms with Crippen molar-refractivity contribution in [1.29, 1.82) is 0 Å². The second-order valence-corrected chi connectivity index (χ2v) is 2.73. The lowest BCUT2D eigenvalue weighted by Gasteiger charge is -1.97. The molecule has 0 saturated heterocycles. The van der Waals surface area contributed by atoms with E-state index in [2.05, 4.69) is 9.97 Å². The van der Waals surface area contributed by atoms with Gasteiger partial charge in [-0.2, -0.15) is 0 Å². The molecule has 0 aliphatic heterocycles. The zero-order valence-corrected chi connectivity index (χ0v) is 6.90. The Bertz CT molecular complexity index is 410. The Morgan fingerprint density at radius 3 is 3.08 bits per heavy atom. The molecular weight excluding hydrogens is 179 g/mol. The lowest BCUT2D eigenvalue weighted by atomic mass is 10.2. The number of imidazole rings is 1. The van der Waals surface area contributed by atoms with Crippen molar-refractivity contribution in [3.8, 4) is 0 Å². The molecule has 12 heavy (non-hydrogen) atoms. The van der Waals surface area contributed by atoms with E-state index < -0.39 is 0 Å². The van der Waals surface area contributed by atoms with Crippen molar-refractivity contribution < 1.29 is 4.39 Å². The average molecular weight is 185 g/mol. The van der Waals surface area contributed by atoms with Gasteiger partial charge in [-0.05, 0) is 12.1 Å². The molecule has 0 aliphatic rings. The molecular formula is C8H6ClFN2. The number of H-pyrrole nitrogens is 1. The maximum Gasteiger partial charge on any atom is 0.129 e. The summed E-state index contributed by atoms with van der Waals surface area (Å²) in [6.07, 6.45) is 1.53. The van der Waals surface area contributed by atoms with Gasteiger partial charge < -0.3 is 4.98 Å².